The molecule has 0 unspecified atom stereocenters. The summed E-state index contributed by atoms with van der Waals surface area (Å²) in [7, 11) is -0.734. The highest BCUT2D eigenvalue weighted by Crippen LogP contribution is 2.26. The fourth-order valence-electron chi connectivity index (χ4n) is 2.73. The van der Waals surface area contributed by atoms with Crippen LogP contribution in [-0.2, 0) is 19.6 Å². The van der Waals surface area contributed by atoms with Gasteiger partial charge in [0.1, 0.15) is 0 Å². The molecule has 1 heterocycles. The van der Waals surface area contributed by atoms with Crippen molar-refractivity contribution in [3.8, 4) is 0 Å². The Balaban J connectivity index is 1.93. The molecule has 1 N–H and O–H groups in total. The molecule has 0 bridgehead atoms. The summed E-state index contributed by atoms with van der Waals surface area (Å²) in [5.41, 5.74) is 0.269. The number of benzene rings is 1. The van der Waals surface area contributed by atoms with Gasteiger partial charge in [0.25, 0.3) is 0 Å². The normalized spacial score (nSPS) is 15.8. The first kappa shape index (κ1) is 21.6. The summed E-state index contributed by atoms with van der Waals surface area (Å²) in [5.74, 6) is -0.181. The zero-order valence-corrected chi connectivity index (χ0v) is 17.3. The van der Waals surface area contributed by atoms with E-state index in [0.29, 0.717) is 19.6 Å². The van der Waals surface area contributed by atoms with E-state index in [1.165, 1.54) is 32.3 Å². The minimum Gasteiger partial charge on any atom is -0.340 e. The summed E-state index contributed by atoms with van der Waals surface area (Å²) in [6.07, 6.45) is 0.251. The molecule has 8 nitrogen and oxygen atoms in total. The second-order valence-electron chi connectivity index (χ2n) is 6.57. The first-order valence-corrected chi connectivity index (χ1v) is 10.4. The van der Waals surface area contributed by atoms with Gasteiger partial charge in [-0.3, -0.25) is 14.5 Å². The molecule has 0 atom stereocenters. The molecule has 0 radical (unpaired) electrons. The molecule has 2 amide bonds. The molecule has 10 heteroatoms. The van der Waals surface area contributed by atoms with Crippen molar-refractivity contribution in [2.75, 3.05) is 52.1 Å². The third-order valence-corrected chi connectivity index (χ3v) is 6.60. The van der Waals surface area contributed by atoms with E-state index < -0.39 is 10.0 Å². The maximum Gasteiger partial charge on any atom is 0.242 e. The second kappa shape index (κ2) is 9.01. The van der Waals surface area contributed by atoms with Crippen LogP contribution in [0.1, 0.15) is 13.3 Å². The average Bonchev–Trinajstić information content (AvgIpc) is 2.61. The molecule has 1 fully saturated rings. The maximum atomic E-state index is 12.3. The highest BCUT2D eigenvalue weighted by atomic mass is 35.5. The van der Waals surface area contributed by atoms with Crippen molar-refractivity contribution in [2.24, 2.45) is 0 Å². The number of nitrogens with one attached hydrogen (secondary N) is 1. The molecule has 1 saturated heterocycles. The van der Waals surface area contributed by atoms with Crippen molar-refractivity contribution in [2.45, 2.75) is 18.2 Å². The zero-order chi connectivity index (χ0) is 20.2. The lowest BCUT2D eigenvalue weighted by molar-refractivity contribution is -0.130. The molecule has 0 aliphatic carbocycles. The molecule has 0 saturated carbocycles. The first-order chi connectivity index (χ1) is 12.6. The van der Waals surface area contributed by atoms with Crippen LogP contribution in [0.3, 0.4) is 0 Å². The van der Waals surface area contributed by atoms with Crippen LogP contribution in [0, 0.1) is 0 Å². The first-order valence-electron chi connectivity index (χ1n) is 8.61. The Morgan fingerprint density at radius 1 is 1.19 bits per heavy atom. The van der Waals surface area contributed by atoms with Crippen molar-refractivity contribution in [1.82, 2.24) is 14.1 Å². The van der Waals surface area contributed by atoms with Crippen LogP contribution >= 0.6 is 11.6 Å². The Morgan fingerprint density at radius 2 is 1.81 bits per heavy atom. The van der Waals surface area contributed by atoms with Gasteiger partial charge in [0.15, 0.2) is 0 Å². The molecule has 2 rings (SSSR count). The third-order valence-electron chi connectivity index (χ3n) is 4.46. The van der Waals surface area contributed by atoms with E-state index in [2.05, 4.69) is 10.2 Å². The number of hydrogen-bond donors (Lipinski definition) is 1. The summed E-state index contributed by atoms with van der Waals surface area (Å²) in [5, 5.41) is 2.96. The zero-order valence-electron chi connectivity index (χ0n) is 15.7. The summed E-state index contributed by atoms with van der Waals surface area (Å²) >= 11 is 6.09. The highest BCUT2D eigenvalue weighted by Gasteiger charge is 2.21. The van der Waals surface area contributed by atoms with Crippen LogP contribution in [0.25, 0.3) is 0 Å². The van der Waals surface area contributed by atoms with Crippen molar-refractivity contribution in [3.63, 3.8) is 0 Å². The van der Waals surface area contributed by atoms with Gasteiger partial charge in [0, 0.05) is 60.2 Å². The third kappa shape index (κ3) is 5.65. The largest absolute Gasteiger partial charge is 0.340 e. The van der Waals surface area contributed by atoms with Crippen LogP contribution in [0.2, 0.25) is 5.02 Å². The number of nitrogens with zero attached hydrogens (tertiary/aromatic N) is 3. The van der Waals surface area contributed by atoms with Gasteiger partial charge in [0.05, 0.1) is 15.6 Å². The fourth-order valence-corrected chi connectivity index (χ4v) is 3.82. The minimum atomic E-state index is -3.61. The van der Waals surface area contributed by atoms with E-state index in [9.17, 15) is 18.0 Å². The van der Waals surface area contributed by atoms with Gasteiger partial charge in [-0.25, -0.2) is 12.7 Å². The Bertz CT molecular complexity index is 805. The topological polar surface area (TPSA) is 90.0 Å². The fraction of sp³-hybridized carbons (Fsp3) is 0.529. The van der Waals surface area contributed by atoms with E-state index in [1.807, 2.05) is 0 Å². The number of anilines is 1. The molecule has 1 aromatic carbocycles. The second-order valence-corrected chi connectivity index (χ2v) is 9.13. The van der Waals surface area contributed by atoms with Crippen molar-refractivity contribution in [3.05, 3.63) is 23.2 Å². The minimum absolute atomic E-state index is 0.0626. The van der Waals surface area contributed by atoms with Gasteiger partial charge in [-0.1, -0.05) is 11.6 Å². The van der Waals surface area contributed by atoms with Crippen LogP contribution in [0.5, 0.6) is 0 Å². The van der Waals surface area contributed by atoms with Gasteiger partial charge < -0.3 is 10.2 Å². The van der Waals surface area contributed by atoms with Gasteiger partial charge in [-0.05, 0) is 18.2 Å². The van der Waals surface area contributed by atoms with Crippen LogP contribution in [0.15, 0.2) is 23.1 Å². The van der Waals surface area contributed by atoms with Crippen molar-refractivity contribution < 1.29 is 18.0 Å². The Kier molecular flexibility index (Phi) is 7.21. The Morgan fingerprint density at radius 3 is 2.37 bits per heavy atom. The lowest BCUT2D eigenvalue weighted by Gasteiger charge is -2.34. The number of sulfonamides is 1. The maximum absolute atomic E-state index is 12.3. The molecule has 1 aliphatic rings. The van der Waals surface area contributed by atoms with Crippen molar-refractivity contribution >= 4 is 39.1 Å². The average molecular weight is 417 g/mol. The van der Waals surface area contributed by atoms with Gasteiger partial charge in [-0.2, -0.15) is 0 Å². The SMILES string of the molecule is CC(=O)N1CCN(CCC(=O)Nc2cc(S(=O)(=O)N(C)C)ccc2Cl)CC1. The van der Waals surface area contributed by atoms with E-state index in [0.717, 1.165) is 17.4 Å². The number of carbonyl (C=O) groups is 2. The van der Waals surface area contributed by atoms with Crippen LogP contribution in [0.4, 0.5) is 5.69 Å². The number of hydrogen-bond acceptors (Lipinski definition) is 5. The van der Waals surface area contributed by atoms with Crippen LogP contribution in [-0.4, -0.2) is 81.2 Å². The predicted octanol–water partition coefficient (Wildman–Crippen LogP) is 1.08. The molecule has 0 aromatic heterocycles. The smallest absolute Gasteiger partial charge is 0.242 e. The number of piperazine rings is 1. The van der Waals surface area contributed by atoms with Gasteiger partial charge >= 0.3 is 0 Å². The van der Waals surface area contributed by atoms with Crippen molar-refractivity contribution in [1.29, 1.82) is 0 Å². The standard InChI is InChI=1S/C17H25ClN4O4S/c1-13(23)22-10-8-21(9-11-22)7-6-17(24)19-16-12-14(4-5-15(16)18)27(25,26)20(2)3/h4-5,12H,6-11H2,1-3H3,(H,19,24). The molecule has 1 aliphatic heterocycles. The summed E-state index contributed by atoms with van der Waals surface area (Å²) in [6, 6.07) is 4.22. The van der Waals surface area contributed by atoms with Crippen LogP contribution < -0.4 is 5.32 Å². The van der Waals surface area contributed by atoms with Gasteiger partial charge in [0.2, 0.25) is 21.8 Å². The molecule has 150 valence electrons. The van der Waals surface area contributed by atoms with E-state index in [4.69, 9.17) is 11.6 Å². The lowest BCUT2D eigenvalue weighted by atomic mass is 10.2. The number of rotatable bonds is 6. The Hall–Kier alpha value is -1.68. The number of halogens is 1. The summed E-state index contributed by atoms with van der Waals surface area (Å²) in [6.45, 7) is 4.89. The quantitative estimate of drug-likeness (QED) is 0.749. The number of amides is 2. The summed E-state index contributed by atoms with van der Waals surface area (Å²) < 4.78 is 25.5. The molecule has 27 heavy (non-hydrogen) atoms. The monoisotopic (exact) mass is 416 g/mol. The molecule has 1 aromatic rings. The van der Waals surface area contributed by atoms with E-state index in [-0.39, 0.29) is 33.8 Å². The summed E-state index contributed by atoms with van der Waals surface area (Å²) in [4.78, 5) is 27.6. The Labute approximate surface area is 165 Å². The molecule has 0 spiro atoms. The van der Waals surface area contributed by atoms with E-state index >= 15 is 0 Å². The molecular weight excluding hydrogens is 392 g/mol. The van der Waals surface area contributed by atoms with E-state index in [1.54, 1.807) is 11.8 Å². The van der Waals surface area contributed by atoms with Gasteiger partial charge in [-0.15, -0.1) is 0 Å². The molecular formula is C17H25ClN4O4S. The lowest BCUT2D eigenvalue weighted by Crippen LogP contribution is -2.48. The number of carbonyl (C=O) groups excluding carboxylic acids is 2. The highest BCUT2D eigenvalue weighted by molar-refractivity contribution is 7.89. The predicted molar refractivity (Wildman–Crippen MR) is 104 cm³/mol.